The van der Waals surface area contributed by atoms with Crippen LogP contribution in [-0.4, -0.2) is 51.0 Å². The molecule has 0 atom stereocenters. The summed E-state index contributed by atoms with van der Waals surface area (Å²) in [6.45, 7) is 2.97. The molecule has 10 heteroatoms. The van der Waals surface area contributed by atoms with Crippen molar-refractivity contribution < 1.29 is 13.9 Å². The number of rotatable bonds is 9. The standard InChI is InChI=1S/C22H22FN7O2/c1-3-13-4-5-14(10-25-13)29-17-7-6-15(20(23)30-17)19(31)16-11-26-22-18(16)21(27-12-28-22)24-8-9-32-2/h4-7,10-12H,3,8-9H2,1-2H3,(H,29,30)(H2,24,26,27,28). The van der Waals surface area contributed by atoms with Crippen LogP contribution in [-0.2, 0) is 11.2 Å². The summed E-state index contributed by atoms with van der Waals surface area (Å²) in [5.74, 6) is -0.662. The molecule has 0 aromatic carbocycles. The molecule has 0 fully saturated rings. The number of methoxy groups -OCH3 is 1. The summed E-state index contributed by atoms with van der Waals surface area (Å²) in [6.07, 6.45) is 5.36. The van der Waals surface area contributed by atoms with Crippen LogP contribution in [0.4, 0.5) is 21.7 Å². The molecule has 0 bridgehead atoms. The van der Waals surface area contributed by atoms with Crippen LogP contribution in [0.5, 0.6) is 0 Å². The number of nitrogens with zero attached hydrogens (tertiary/aromatic N) is 4. The van der Waals surface area contributed by atoms with Gasteiger partial charge in [-0.1, -0.05) is 6.92 Å². The van der Waals surface area contributed by atoms with Crippen LogP contribution >= 0.6 is 0 Å². The quantitative estimate of drug-likeness (QED) is 0.208. The Kier molecular flexibility index (Phi) is 6.31. The number of H-pyrrole nitrogens is 1. The lowest BCUT2D eigenvalue weighted by atomic mass is 10.0. The van der Waals surface area contributed by atoms with Crippen LogP contribution in [0, 0.1) is 5.95 Å². The Labute approximate surface area is 183 Å². The van der Waals surface area contributed by atoms with E-state index in [4.69, 9.17) is 4.74 Å². The van der Waals surface area contributed by atoms with E-state index in [1.165, 1.54) is 18.6 Å². The predicted molar refractivity (Wildman–Crippen MR) is 119 cm³/mol. The number of anilines is 3. The molecule has 0 saturated carbocycles. The lowest BCUT2D eigenvalue weighted by molar-refractivity contribution is 0.103. The average Bonchev–Trinajstić information content (AvgIpc) is 3.25. The number of halogens is 1. The van der Waals surface area contributed by atoms with Crippen molar-refractivity contribution in [2.24, 2.45) is 0 Å². The number of aromatic nitrogens is 5. The van der Waals surface area contributed by atoms with Crippen molar-refractivity contribution in [3.63, 3.8) is 0 Å². The maximum Gasteiger partial charge on any atom is 0.226 e. The maximum atomic E-state index is 14.8. The zero-order valence-corrected chi connectivity index (χ0v) is 17.6. The van der Waals surface area contributed by atoms with Crippen molar-refractivity contribution in [3.8, 4) is 0 Å². The minimum Gasteiger partial charge on any atom is -0.383 e. The Hall–Kier alpha value is -3.92. The monoisotopic (exact) mass is 435 g/mol. The van der Waals surface area contributed by atoms with Crippen LogP contribution in [0.25, 0.3) is 11.0 Å². The summed E-state index contributed by atoms with van der Waals surface area (Å²) in [5, 5.41) is 6.58. The molecule has 0 radical (unpaired) electrons. The van der Waals surface area contributed by atoms with Gasteiger partial charge in [0.15, 0.2) is 5.78 Å². The zero-order chi connectivity index (χ0) is 22.5. The van der Waals surface area contributed by atoms with E-state index in [0.29, 0.717) is 35.7 Å². The third-order valence-electron chi connectivity index (χ3n) is 4.87. The van der Waals surface area contributed by atoms with Crippen molar-refractivity contribution in [2.75, 3.05) is 30.9 Å². The highest BCUT2D eigenvalue weighted by molar-refractivity contribution is 6.18. The van der Waals surface area contributed by atoms with E-state index in [1.54, 1.807) is 19.4 Å². The number of carbonyl (C=O) groups excluding carboxylic acids is 1. The number of ketones is 1. The summed E-state index contributed by atoms with van der Waals surface area (Å²) in [4.78, 5) is 32.6. The second-order valence-corrected chi connectivity index (χ2v) is 6.95. The van der Waals surface area contributed by atoms with Crippen LogP contribution in [0.1, 0.15) is 28.5 Å². The van der Waals surface area contributed by atoms with Gasteiger partial charge in [-0.05, 0) is 30.7 Å². The Morgan fingerprint density at radius 1 is 1.16 bits per heavy atom. The van der Waals surface area contributed by atoms with E-state index in [2.05, 4.69) is 35.6 Å². The van der Waals surface area contributed by atoms with E-state index in [-0.39, 0.29) is 16.9 Å². The fraction of sp³-hybridized carbons (Fsp3) is 0.227. The molecule has 32 heavy (non-hydrogen) atoms. The van der Waals surface area contributed by atoms with Crippen LogP contribution in [0.2, 0.25) is 0 Å². The molecule has 4 aromatic rings. The maximum absolute atomic E-state index is 14.8. The summed E-state index contributed by atoms with van der Waals surface area (Å²) in [5.41, 5.74) is 2.20. The fourth-order valence-electron chi connectivity index (χ4n) is 3.22. The Morgan fingerprint density at radius 2 is 2.03 bits per heavy atom. The Morgan fingerprint density at radius 3 is 2.75 bits per heavy atom. The van der Waals surface area contributed by atoms with Gasteiger partial charge in [0.05, 0.1) is 35.0 Å². The second kappa shape index (κ2) is 9.48. The van der Waals surface area contributed by atoms with Crippen LogP contribution in [0.15, 0.2) is 43.0 Å². The molecular formula is C22H22FN7O2. The smallest absolute Gasteiger partial charge is 0.226 e. The number of hydrogen-bond acceptors (Lipinski definition) is 8. The number of nitrogens with one attached hydrogen (secondary N) is 3. The number of aromatic amines is 1. The van der Waals surface area contributed by atoms with Crippen LogP contribution < -0.4 is 10.6 Å². The van der Waals surface area contributed by atoms with Gasteiger partial charge in [-0.3, -0.25) is 9.78 Å². The highest BCUT2D eigenvalue weighted by atomic mass is 19.1. The Bertz CT molecular complexity index is 1240. The summed E-state index contributed by atoms with van der Waals surface area (Å²) < 4.78 is 19.8. The molecule has 0 amide bonds. The van der Waals surface area contributed by atoms with Gasteiger partial charge in [-0.15, -0.1) is 0 Å². The number of fused-ring (bicyclic) bond motifs is 1. The van der Waals surface area contributed by atoms with Gasteiger partial charge in [-0.2, -0.15) is 4.39 Å². The third-order valence-corrected chi connectivity index (χ3v) is 4.87. The molecule has 0 spiro atoms. The highest BCUT2D eigenvalue weighted by Crippen LogP contribution is 2.26. The van der Waals surface area contributed by atoms with E-state index >= 15 is 0 Å². The first-order valence-corrected chi connectivity index (χ1v) is 10.1. The number of pyridine rings is 2. The van der Waals surface area contributed by atoms with Gasteiger partial charge in [0.2, 0.25) is 5.95 Å². The molecule has 4 aromatic heterocycles. The molecule has 0 aliphatic rings. The van der Waals surface area contributed by atoms with E-state index in [0.717, 1.165) is 12.1 Å². The SMILES string of the molecule is CCc1ccc(Nc2ccc(C(=O)c3c[nH]c4ncnc(NCCOC)c34)c(F)n2)cn1. The summed E-state index contributed by atoms with van der Waals surface area (Å²) in [6, 6.07) is 6.68. The van der Waals surface area contributed by atoms with Crippen molar-refractivity contribution in [1.82, 2.24) is 24.9 Å². The molecular weight excluding hydrogens is 413 g/mol. The van der Waals surface area contributed by atoms with Crippen molar-refractivity contribution in [2.45, 2.75) is 13.3 Å². The molecule has 4 rings (SSSR count). The zero-order valence-electron chi connectivity index (χ0n) is 17.6. The van der Waals surface area contributed by atoms with E-state index in [9.17, 15) is 9.18 Å². The molecule has 3 N–H and O–H groups in total. The third kappa shape index (κ3) is 4.40. The normalized spacial score (nSPS) is 11.0. The predicted octanol–water partition coefficient (Wildman–Crippen LogP) is 3.48. The molecule has 0 aliphatic carbocycles. The van der Waals surface area contributed by atoms with Crippen molar-refractivity contribution >= 4 is 34.1 Å². The minimum atomic E-state index is -0.877. The first-order chi connectivity index (χ1) is 15.6. The number of hydrogen-bond donors (Lipinski definition) is 3. The summed E-state index contributed by atoms with van der Waals surface area (Å²) >= 11 is 0. The van der Waals surface area contributed by atoms with Gasteiger partial charge >= 0.3 is 0 Å². The van der Waals surface area contributed by atoms with Crippen molar-refractivity contribution in [1.29, 1.82) is 0 Å². The highest BCUT2D eigenvalue weighted by Gasteiger charge is 2.22. The van der Waals surface area contributed by atoms with Gasteiger partial charge < -0.3 is 20.4 Å². The van der Waals surface area contributed by atoms with Gasteiger partial charge in [-0.25, -0.2) is 15.0 Å². The van der Waals surface area contributed by atoms with Gasteiger partial charge in [0.25, 0.3) is 0 Å². The molecule has 164 valence electrons. The van der Waals surface area contributed by atoms with Crippen LogP contribution in [0.3, 0.4) is 0 Å². The van der Waals surface area contributed by atoms with Gasteiger partial charge in [0, 0.05) is 25.5 Å². The first-order valence-electron chi connectivity index (χ1n) is 10.1. The molecule has 0 unspecified atom stereocenters. The number of ether oxygens (including phenoxy) is 1. The second-order valence-electron chi connectivity index (χ2n) is 6.95. The lowest BCUT2D eigenvalue weighted by Gasteiger charge is -2.09. The molecule has 9 nitrogen and oxygen atoms in total. The fourth-order valence-corrected chi connectivity index (χ4v) is 3.22. The minimum absolute atomic E-state index is 0.150. The molecule has 0 saturated heterocycles. The number of aryl methyl sites for hydroxylation is 1. The Balaban J connectivity index is 1.60. The number of carbonyl (C=O) groups is 1. The molecule has 0 aliphatic heterocycles. The van der Waals surface area contributed by atoms with Gasteiger partial charge in [0.1, 0.15) is 23.6 Å². The molecule has 4 heterocycles. The summed E-state index contributed by atoms with van der Waals surface area (Å²) in [7, 11) is 1.59. The van der Waals surface area contributed by atoms with E-state index in [1.807, 2.05) is 19.1 Å². The first kappa shape index (κ1) is 21.3. The van der Waals surface area contributed by atoms with Crippen molar-refractivity contribution in [3.05, 3.63) is 65.8 Å². The van der Waals surface area contributed by atoms with E-state index < -0.39 is 11.7 Å². The lowest BCUT2D eigenvalue weighted by Crippen LogP contribution is -2.11. The average molecular weight is 435 g/mol. The topological polar surface area (TPSA) is 118 Å². The largest absolute Gasteiger partial charge is 0.383 e.